The first-order chi connectivity index (χ1) is 8.22. The summed E-state index contributed by atoms with van der Waals surface area (Å²) in [6.45, 7) is 2.59. The second-order valence-corrected chi connectivity index (χ2v) is 4.24. The summed E-state index contributed by atoms with van der Waals surface area (Å²) in [6.07, 6.45) is 5.56. The molecular formula is C12H16N4O. The molecule has 0 aliphatic heterocycles. The molecule has 0 bridgehead atoms. The molecule has 0 saturated heterocycles. The minimum absolute atomic E-state index is 0.239. The van der Waals surface area contributed by atoms with E-state index in [2.05, 4.69) is 9.97 Å². The largest absolute Gasteiger partial charge is 0.382 e. The Balaban J connectivity index is 2.37. The Hall–Kier alpha value is -1.67. The first-order valence-electron chi connectivity index (χ1n) is 5.89. The highest BCUT2D eigenvalue weighted by atomic mass is 16.5. The van der Waals surface area contributed by atoms with Gasteiger partial charge in [-0.05, 0) is 32.6 Å². The van der Waals surface area contributed by atoms with Gasteiger partial charge in [-0.15, -0.1) is 0 Å². The standard InChI is InChI=1S/C12H16N4O/c1-2-17-12(5-3-4-6-12)11-15-8-9(7-13)10(14)16-11/h8H,2-6H2,1H3,(H2,14,15,16). The third kappa shape index (κ3) is 2.08. The van der Waals surface area contributed by atoms with Crippen LogP contribution in [0.2, 0.25) is 0 Å². The molecule has 0 amide bonds. The van der Waals surface area contributed by atoms with Gasteiger partial charge in [0, 0.05) is 6.61 Å². The van der Waals surface area contributed by atoms with Crippen molar-refractivity contribution >= 4 is 5.82 Å². The highest BCUT2D eigenvalue weighted by Crippen LogP contribution is 2.40. The Labute approximate surface area is 101 Å². The van der Waals surface area contributed by atoms with Gasteiger partial charge in [0.1, 0.15) is 23.1 Å². The molecule has 1 aromatic rings. The van der Waals surface area contributed by atoms with E-state index in [1.165, 1.54) is 6.20 Å². The number of nitriles is 1. The van der Waals surface area contributed by atoms with Crippen LogP contribution in [-0.4, -0.2) is 16.6 Å². The van der Waals surface area contributed by atoms with E-state index in [-0.39, 0.29) is 5.82 Å². The number of nitrogen functional groups attached to an aromatic ring is 1. The van der Waals surface area contributed by atoms with Crippen LogP contribution in [0.1, 0.15) is 44.0 Å². The summed E-state index contributed by atoms with van der Waals surface area (Å²) in [6, 6.07) is 1.97. The van der Waals surface area contributed by atoms with Crippen molar-refractivity contribution in [1.82, 2.24) is 9.97 Å². The van der Waals surface area contributed by atoms with Crippen LogP contribution in [0.25, 0.3) is 0 Å². The lowest BCUT2D eigenvalue weighted by molar-refractivity contribution is -0.0456. The predicted molar refractivity (Wildman–Crippen MR) is 62.9 cm³/mol. The molecule has 5 heteroatoms. The molecule has 0 atom stereocenters. The Morgan fingerprint density at radius 1 is 1.53 bits per heavy atom. The number of aromatic nitrogens is 2. The minimum Gasteiger partial charge on any atom is -0.382 e. The van der Waals surface area contributed by atoms with Crippen LogP contribution in [0.3, 0.4) is 0 Å². The highest BCUT2D eigenvalue weighted by molar-refractivity contribution is 5.46. The maximum absolute atomic E-state index is 8.80. The zero-order valence-corrected chi connectivity index (χ0v) is 9.94. The maximum atomic E-state index is 8.80. The van der Waals surface area contributed by atoms with E-state index in [1.807, 2.05) is 13.0 Å². The van der Waals surface area contributed by atoms with E-state index < -0.39 is 5.60 Å². The van der Waals surface area contributed by atoms with Crippen molar-refractivity contribution in [3.8, 4) is 6.07 Å². The van der Waals surface area contributed by atoms with Crippen LogP contribution in [-0.2, 0) is 10.3 Å². The smallest absolute Gasteiger partial charge is 0.162 e. The third-order valence-electron chi connectivity index (χ3n) is 3.18. The Morgan fingerprint density at radius 2 is 2.24 bits per heavy atom. The van der Waals surface area contributed by atoms with Gasteiger partial charge in [-0.2, -0.15) is 5.26 Å². The summed E-state index contributed by atoms with van der Waals surface area (Å²) in [5, 5.41) is 8.80. The molecule has 17 heavy (non-hydrogen) atoms. The summed E-state index contributed by atoms with van der Waals surface area (Å²) in [4.78, 5) is 8.48. The van der Waals surface area contributed by atoms with Crippen LogP contribution >= 0.6 is 0 Å². The van der Waals surface area contributed by atoms with E-state index >= 15 is 0 Å². The number of nitrogens with two attached hydrogens (primary N) is 1. The van der Waals surface area contributed by atoms with Crippen molar-refractivity contribution in [3.63, 3.8) is 0 Å². The average molecular weight is 232 g/mol. The highest BCUT2D eigenvalue weighted by Gasteiger charge is 2.39. The van der Waals surface area contributed by atoms with Crippen LogP contribution < -0.4 is 5.73 Å². The monoisotopic (exact) mass is 232 g/mol. The molecule has 1 aromatic heterocycles. The first-order valence-corrected chi connectivity index (χ1v) is 5.89. The molecule has 0 spiro atoms. The van der Waals surface area contributed by atoms with Gasteiger partial charge in [-0.25, -0.2) is 9.97 Å². The zero-order valence-electron chi connectivity index (χ0n) is 9.94. The molecule has 1 fully saturated rings. The van der Waals surface area contributed by atoms with Gasteiger partial charge in [0.15, 0.2) is 5.82 Å². The van der Waals surface area contributed by atoms with E-state index in [0.717, 1.165) is 25.7 Å². The molecule has 2 rings (SSSR count). The fourth-order valence-corrected chi connectivity index (χ4v) is 2.36. The van der Waals surface area contributed by atoms with Crippen molar-refractivity contribution in [1.29, 1.82) is 5.26 Å². The molecule has 0 radical (unpaired) electrons. The van der Waals surface area contributed by atoms with E-state index in [4.69, 9.17) is 15.7 Å². The molecule has 0 unspecified atom stereocenters. The van der Waals surface area contributed by atoms with Crippen LogP contribution in [0.15, 0.2) is 6.20 Å². The second-order valence-electron chi connectivity index (χ2n) is 4.24. The molecule has 1 heterocycles. The van der Waals surface area contributed by atoms with Gasteiger partial charge < -0.3 is 10.5 Å². The van der Waals surface area contributed by atoms with Gasteiger partial charge in [0.2, 0.25) is 0 Å². The molecule has 90 valence electrons. The number of hydrogen-bond donors (Lipinski definition) is 1. The number of nitrogens with zero attached hydrogens (tertiary/aromatic N) is 3. The van der Waals surface area contributed by atoms with Gasteiger partial charge in [-0.3, -0.25) is 0 Å². The Morgan fingerprint density at radius 3 is 2.76 bits per heavy atom. The molecule has 1 saturated carbocycles. The fourth-order valence-electron chi connectivity index (χ4n) is 2.36. The maximum Gasteiger partial charge on any atom is 0.162 e. The SMILES string of the molecule is CCOC1(c2ncc(C#N)c(N)n2)CCCC1. The van der Waals surface area contributed by atoms with E-state index in [1.54, 1.807) is 0 Å². The molecule has 0 aromatic carbocycles. The van der Waals surface area contributed by atoms with Crippen molar-refractivity contribution in [2.24, 2.45) is 0 Å². The average Bonchev–Trinajstić information content (AvgIpc) is 2.79. The van der Waals surface area contributed by atoms with Crippen LogP contribution in [0.4, 0.5) is 5.82 Å². The normalized spacial score (nSPS) is 17.9. The van der Waals surface area contributed by atoms with Crippen molar-refractivity contribution in [2.45, 2.75) is 38.2 Å². The summed E-state index contributed by atoms with van der Waals surface area (Å²) >= 11 is 0. The summed E-state index contributed by atoms with van der Waals surface area (Å²) < 4.78 is 5.84. The van der Waals surface area contributed by atoms with Crippen LogP contribution in [0, 0.1) is 11.3 Å². The topological polar surface area (TPSA) is 84.8 Å². The van der Waals surface area contributed by atoms with Gasteiger partial charge in [-0.1, -0.05) is 0 Å². The minimum atomic E-state index is -0.392. The Kier molecular flexibility index (Phi) is 3.25. The fraction of sp³-hybridized carbons (Fsp3) is 0.583. The first kappa shape index (κ1) is 11.8. The van der Waals surface area contributed by atoms with Gasteiger partial charge in [0.05, 0.1) is 6.20 Å². The lowest BCUT2D eigenvalue weighted by Gasteiger charge is -2.27. The second kappa shape index (κ2) is 4.68. The number of anilines is 1. The van der Waals surface area contributed by atoms with E-state index in [0.29, 0.717) is 18.0 Å². The number of ether oxygens (including phenoxy) is 1. The molecule has 1 aliphatic rings. The van der Waals surface area contributed by atoms with Crippen molar-refractivity contribution in [3.05, 3.63) is 17.6 Å². The quantitative estimate of drug-likeness (QED) is 0.857. The van der Waals surface area contributed by atoms with Gasteiger partial charge >= 0.3 is 0 Å². The molecule has 5 nitrogen and oxygen atoms in total. The van der Waals surface area contributed by atoms with Crippen molar-refractivity contribution in [2.75, 3.05) is 12.3 Å². The lowest BCUT2D eigenvalue weighted by atomic mass is 10.0. The number of hydrogen-bond acceptors (Lipinski definition) is 5. The molecular weight excluding hydrogens is 216 g/mol. The summed E-state index contributed by atoms with van der Waals surface area (Å²) in [7, 11) is 0. The van der Waals surface area contributed by atoms with E-state index in [9.17, 15) is 0 Å². The number of rotatable bonds is 3. The summed E-state index contributed by atoms with van der Waals surface area (Å²) in [5.41, 5.74) is 5.65. The molecule has 1 aliphatic carbocycles. The summed E-state index contributed by atoms with van der Waals surface area (Å²) in [5.74, 6) is 0.858. The van der Waals surface area contributed by atoms with Gasteiger partial charge in [0.25, 0.3) is 0 Å². The lowest BCUT2D eigenvalue weighted by Crippen LogP contribution is -2.29. The Bertz CT molecular complexity index is 446. The van der Waals surface area contributed by atoms with Crippen LogP contribution in [0.5, 0.6) is 0 Å². The third-order valence-corrected chi connectivity index (χ3v) is 3.18. The van der Waals surface area contributed by atoms with Crippen molar-refractivity contribution < 1.29 is 4.74 Å². The molecule has 2 N–H and O–H groups in total. The predicted octanol–water partition coefficient (Wildman–Crippen LogP) is 1.74. The zero-order chi connectivity index (χ0) is 12.3.